The highest BCUT2D eigenvalue weighted by Crippen LogP contribution is 2.14. The molecule has 1 rings (SSSR count). The lowest BCUT2D eigenvalue weighted by Crippen LogP contribution is -2.09. The molecule has 4 nitrogen and oxygen atoms in total. The third-order valence-corrected chi connectivity index (χ3v) is 1.78. The van der Waals surface area contributed by atoms with Crippen molar-refractivity contribution in [1.82, 2.24) is 0 Å². The highest BCUT2D eigenvalue weighted by molar-refractivity contribution is 6.40. The summed E-state index contributed by atoms with van der Waals surface area (Å²) in [7, 11) is 1.44. The van der Waals surface area contributed by atoms with Crippen LogP contribution in [0.2, 0.25) is 0 Å². The molecule has 0 atom stereocenters. The number of ether oxygens (including phenoxy) is 1. The van der Waals surface area contributed by atoms with Crippen LogP contribution < -0.4 is 0 Å². The van der Waals surface area contributed by atoms with Gasteiger partial charge in [0, 0.05) is 11.6 Å². The normalized spacial score (nSPS) is 10.9. The SMILES string of the molecule is CO/C(=C\C(=N)C(=O)O)c1ccccc1. The van der Waals surface area contributed by atoms with Gasteiger partial charge in [0.1, 0.15) is 11.5 Å². The van der Waals surface area contributed by atoms with Crippen molar-refractivity contribution in [1.29, 1.82) is 5.41 Å². The van der Waals surface area contributed by atoms with Gasteiger partial charge in [0.25, 0.3) is 0 Å². The first-order chi connectivity index (χ1) is 7.15. The Morgan fingerprint density at radius 1 is 1.40 bits per heavy atom. The molecule has 15 heavy (non-hydrogen) atoms. The fraction of sp³-hybridized carbons (Fsp3) is 0.0909. The molecule has 0 saturated carbocycles. The van der Waals surface area contributed by atoms with E-state index in [0.29, 0.717) is 5.76 Å². The van der Waals surface area contributed by atoms with E-state index in [0.717, 1.165) is 5.56 Å². The molecule has 0 bridgehead atoms. The summed E-state index contributed by atoms with van der Waals surface area (Å²) >= 11 is 0. The van der Waals surface area contributed by atoms with Crippen LogP contribution in [-0.4, -0.2) is 23.9 Å². The fourth-order valence-corrected chi connectivity index (χ4v) is 1.06. The lowest BCUT2D eigenvalue weighted by Gasteiger charge is -2.05. The van der Waals surface area contributed by atoms with Gasteiger partial charge in [0.15, 0.2) is 0 Å². The van der Waals surface area contributed by atoms with Crippen molar-refractivity contribution in [3.63, 3.8) is 0 Å². The fourth-order valence-electron chi connectivity index (χ4n) is 1.06. The van der Waals surface area contributed by atoms with E-state index >= 15 is 0 Å². The summed E-state index contributed by atoms with van der Waals surface area (Å²) in [5.74, 6) is -0.913. The predicted octanol–water partition coefficient (Wildman–Crippen LogP) is 1.78. The Kier molecular flexibility index (Phi) is 3.62. The zero-order valence-electron chi connectivity index (χ0n) is 8.23. The summed E-state index contributed by atoms with van der Waals surface area (Å²) < 4.78 is 5.01. The van der Waals surface area contributed by atoms with Crippen LogP contribution >= 0.6 is 0 Å². The number of rotatable bonds is 4. The van der Waals surface area contributed by atoms with Crippen LogP contribution in [-0.2, 0) is 9.53 Å². The Labute approximate surface area is 87.3 Å². The van der Waals surface area contributed by atoms with E-state index in [1.807, 2.05) is 18.2 Å². The molecule has 0 aliphatic rings. The van der Waals surface area contributed by atoms with Crippen molar-refractivity contribution in [3.05, 3.63) is 42.0 Å². The third kappa shape index (κ3) is 2.95. The molecule has 0 amide bonds. The van der Waals surface area contributed by atoms with Gasteiger partial charge in [0.05, 0.1) is 7.11 Å². The van der Waals surface area contributed by atoms with Crippen molar-refractivity contribution in [2.45, 2.75) is 0 Å². The van der Waals surface area contributed by atoms with Crippen LogP contribution in [0.5, 0.6) is 0 Å². The van der Waals surface area contributed by atoms with Crippen molar-refractivity contribution in [2.75, 3.05) is 7.11 Å². The van der Waals surface area contributed by atoms with Gasteiger partial charge in [-0.15, -0.1) is 0 Å². The van der Waals surface area contributed by atoms with E-state index in [9.17, 15) is 4.79 Å². The van der Waals surface area contributed by atoms with Gasteiger partial charge in [-0.05, 0) is 0 Å². The Morgan fingerprint density at radius 3 is 2.47 bits per heavy atom. The molecular weight excluding hydrogens is 194 g/mol. The molecule has 0 heterocycles. The highest BCUT2D eigenvalue weighted by atomic mass is 16.5. The minimum absolute atomic E-state index is 0.364. The summed E-state index contributed by atoms with van der Waals surface area (Å²) in [5.41, 5.74) is 0.238. The van der Waals surface area contributed by atoms with Crippen molar-refractivity contribution >= 4 is 17.4 Å². The number of hydrogen-bond acceptors (Lipinski definition) is 3. The lowest BCUT2D eigenvalue weighted by molar-refractivity contribution is -0.129. The molecule has 0 radical (unpaired) electrons. The smallest absolute Gasteiger partial charge is 0.353 e. The monoisotopic (exact) mass is 205 g/mol. The topological polar surface area (TPSA) is 70.4 Å². The Bertz CT molecular complexity index is 396. The standard InChI is InChI=1S/C11H11NO3/c1-15-10(7-9(12)11(13)14)8-5-3-2-4-6-8/h2-7,12H,1H3,(H,13,14)/b10-7-,12-9?. The molecule has 4 heteroatoms. The maximum absolute atomic E-state index is 10.5. The largest absolute Gasteiger partial charge is 0.496 e. The molecule has 78 valence electrons. The maximum Gasteiger partial charge on any atom is 0.353 e. The van der Waals surface area contributed by atoms with E-state index in [4.69, 9.17) is 15.3 Å². The Hall–Kier alpha value is -2.10. The average Bonchev–Trinajstić information content (AvgIpc) is 2.26. The number of aliphatic carboxylic acids is 1. The summed E-state index contributed by atoms with van der Waals surface area (Å²) in [6.07, 6.45) is 1.18. The minimum Gasteiger partial charge on any atom is -0.496 e. The van der Waals surface area contributed by atoms with Gasteiger partial charge < -0.3 is 9.84 Å². The minimum atomic E-state index is -1.28. The second kappa shape index (κ2) is 4.95. The maximum atomic E-state index is 10.5. The molecule has 0 aromatic heterocycles. The zero-order valence-corrected chi connectivity index (χ0v) is 8.23. The highest BCUT2D eigenvalue weighted by Gasteiger charge is 2.07. The molecular formula is C11H11NO3. The van der Waals surface area contributed by atoms with Crippen LogP contribution in [0.25, 0.3) is 5.76 Å². The van der Waals surface area contributed by atoms with Gasteiger partial charge in [-0.1, -0.05) is 30.3 Å². The van der Waals surface area contributed by atoms with Crippen LogP contribution in [0.15, 0.2) is 36.4 Å². The molecule has 0 unspecified atom stereocenters. The number of hydrogen-bond donors (Lipinski definition) is 2. The number of nitrogens with one attached hydrogen (secondary N) is 1. The molecule has 0 spiro atoms. The average molecular weight is 205 g/mol. The number of methoxy groups -OCH3 is 1. The first-order valence-electron chi connectivity index (χ1n) is 4.28. The summed E-state index contributed by atoms with van der Waals surface area (Å²) in [4.78, 5) is 10.5. The van der Waals surface area contributed by atoms with Gasteiger partial charge in [-0.25, -0.2) is 4.79 Å². The van der Waals surface area contributed by atoms with E-state index in [-0.39, 0.29) is 0 Å². The van der Waals surface area contributed by atoms with Crippen LogP contribution in [0.3, 0.4) is 0 Å². The Balaban J connectivity index is 2.99. The summed E-state index contributed by atoms with van der Waals surface area (Å²) in [5, 5.41) is 15.7. The van der Waals surface area contributed by atoms with Crippen molar-refractivity contribution < 1.29 is 14.6 Å². The van der Waals surface area contributed by atoms with E-state index in [1.165, 1.54) is 13.2 Å². The zero-order chi connectivity index (χ0) is 11.3. The van der Waals surface area contributed by atoms with Gasteiger partial charge in [0.2, 0.25) is 0 Å². The van der Waals surface area contributed by atoms with Crippen LogP contribution in [0.1, 0.15) is 5.56 Å². The van der Waals surface area contributed by atoms with E-state index < -0.39 is 11.7 Å². The molecule has 1 aromatic rings. The van der Waals surface area contributed by atoms with Gasteiger partial charge in [-0.3, -0.25) is 5.41 Å². The first-order valence-corrected chi connectivity index (χ1v) is 4.28. The quantitative estimate of drug-likeness (QED) is 0.581. The first kappa shape index (κ1) is 11.0. The summed E-state index contributed by atoms with van der Waals surface area (Å²) in [6, 6.07) is 9.04. The Morgan fingerprint density at radius 2 is 2.00 bits per heavy atom. The number of carboxylic acid groups (broad SMARTS) is 1. The lowest BCUT2D eigenvalue weighted by atomic mass is 10.1. The number of benzene rings is 1. The molecule has 0 aliphatic carbocycles. The predicted molar refractivity (Wildman–Crippen MR) is 56.8 cm³/mol. The van der Waals surface area contributed by atoms with E-state index in [2.05, 4.69) is 0 Å². The van der Waals surface area contributed by atoms with E-state index in [1.54, 1.807) is 12.1 Å². The van der Waals surface area contributed by atoms with Crippen LogP contribution in [0.4, 0.5) is 0 Å². The van der Waals surface area contributed by atoms with Crippen molar-refractivity contribution in [2.24, 2.45) is 0 Å². The molecule has 0 saturated heterocycles. The van der Waals surface area contributed by atoms with Gasteiger partial charge >= 0.3 is 5.97 Å². The molecule has 0 fully saturated rings. The van der Waals surface area contributed by atoms with Crippen LogP contribution in [0, 0.1) is 5.41 Å². The third-order valence-electron chi connectivity index (χ3n) is 1.78. The number of carbonyl (C=O) groups is 1. The number of carboxylic acids is 1. The van der Waals surface area contributed by atoms with Crippen molar-refractivity contribution in [3.8, 4) is 0 Å². The molecule has 1 aromatic carbocycles. The molecule has 0 aliphatic heterocycles. The second-order valence-electron chi connectivity index (χ2n) is 2.80. The molecule has 2 N–H and O–H groups in total. The second-order valence-corrected chi connectivity index (χ2v) is 2.80. The van der Waals surface area contributed by atoms with Gasteiger partial charge in [-0.2, -0.15) is 0 Å². The summed E-state index contributed by atoms with van der Waals surface area (Å²) in [6.45, 7) is 0.